The molecule has 0 unspecified atom stereocenters. The molecular formula is C18H18N4O2. The van der Waals surface area contributed by atoms with Crippen LogP contribution in [0.5, 0.6) is 11.5 Å². The summed E-state index contributed by atoms with van der Waals surface area (Å²) in [5, 5.41) is 7.63. The summed E-state index contributed by atoms with van der Waals surface area (Å²) in [5.41, 5.74) is 1.75. The zero-order valence-corrected chi connectivity index (χ0v) is 13.4. The third-order valence-corrected chi connectivity index (χ3v) is 3.77. The standard InChI is InChI=1S/C18H18N4O2/c1-2-9-19-17-13-5-3-4-6-14(13)21-18(22-17)20-12-7-8-15-16(10-12)24-11-23-15/h3-8,10H,2,9,11H2,1H3,(H2,19,20,21,22). The van der Waals surface area contributed by atoms with Crippen LogP contribution < -0.4 is 20.1 Å². The van der Waals surface area contributed by atoms with Crippen LogP contribution in [0, 0.1) is 0 Å². The first-order chi connectivity index (χ1) is 11.8. The molecule has 122 valence electrons. The molecule has 0 spiro atoms. The van der Waals surface area contributed by atoms with Gasteiger partial charge in [0.15, 0.2) is 11.5 Å². The maximum Gasteiger partial charge on any atom is 0.231 e. The predicted molar refractivity (Wildman–Crippen MR) is 94.2 cm³/mol. The Hall–Kier alpha value is -3.02. The van der Waals surface area contributed by atoms with Crippen LogP contribution in [0.25, 0.3) is 10.9 Å². The SMILES string of the molecule is CCCNc1nc(Nc2ccc3c(c2)OCO3)nc2ccccc12. The van der Waals surface area contributed by atoms with E-state index in [0.29, 0.717) is 5.95 Å². The summed E-state index contributed by atoms with van der Waals surface area (Å²) in [5.74, 6) is 2.87. The van der Waals surface area contributed by atoms with Gasteiger partial charge < -0.3 is 20.1 Å². The molecule has 0 fully saturated rings. The second-order valence-corrected chi connectivity index (χ2v) is 5.53. The average molecular weight is 322 g/mol. The molecule has 0 aliphatic carbocycles. The zero-order chi connectivity index (χ0) is 16.4. The van der Waals surface area contributed by atoms with Crippen LogP contribution in [0.15, 0.2) is 42.5 Å². The number of nitrogens with zero attached hydrogens (tertiary/aromatic N) is 2. The van der Waals surface area contributed by atoms with Crippen molar-refractivity contribution in [3.63, 3.8) is 0 Å². The van der Waals surface area contributed by atoms with Crippen LogP contribution >= 0.6 is 0 Å². The number of benzene rings is 2. The molecule has 2 heterocycles. The molecular weight excluding hydrogens is 304 g/mol. The number of aromatic nitrogens is 2. The zero-order valence-electron chi connectivity index (χ0n) is 13.4. The first-order valence-electron chi connectivity index (χ1n) is 8.01. The first kappa shape index (κ1) is 14.6. The normalized spacial score (nSPS) is 12.4. The van der Waals surface area contributed by atoms with Crippen molar-refractivity contribution in [2.45, 2.75) is 13.3 Å². The lowest BCUT2D eigenvalue weighted by Crippen LogP contribution is -2.06. The number of para-hydroxylation sites is 1. The second-order valence-electron chi connectivity index (χ2n) is 5.53. The Kier molecular flexibility index (Phi) is 3.78. The van der Waals surface area contributed by atoms with Gasteiger partial charge in [0, 0.05) is 23.7 Å². The number of nitrogens with one attached hydrogen (secondary N) is 2. The molecule has 1 aliphatic rings. The van der Waals surface area contributed by atoms with E-state index in [9.17, 15) is 0 Å². The Balaban J connectivity index is 1.68. The van der Waals surface area contributed by atoms with Gasteiger partial charge in [-0.05, 0) is 30.7 Å². The molecule has 3 aromatic rings. The maximum absolute atomic E-state index is 5.41. The highest BCUT2D eigenvalue weighted by molar-refractivity contribution is 5.90. The summed E-state index contributed by atoms with van der Waals surface area (Å²) in [4.78, 5) is 9.22. The number of ether oxygens (including phenoxy) is 2. The first-order valence-corrected chi connectivity index (χ1v) is 8.01. The second kappa shape index (κ2) is 6.23. The molecule has 2 aromatic carbocycles. The molecule has 6 nitrogen and oxygen atoms in total. The molecule has 0 radical (unpaired) electrons. The number of hydrogen-bond donors (Lipinski definition) is 2. The van der Waals surface area contributed by atoms with Crippen LogP contribution in [0.2, 0.25) is 0 Å². The fourth-order valence-corrected chi connectivity index (χ4v) is 2.61. The minimum absolute atomic E-state index is 0.260. The quantitative estimate of drug-likeness (QED) is 0.742. The third kappa shape index (κ3) is 2.78. The van der Waals surface area contributed by atoms with Crippen LogP contribution in [0.3, 0.4) is 0 Å². The van der Waals surface area contributed by atoms with E-state index in [1.54, 1.807) is 0 Å². The molecule has 0 saturated heterocycles. The number of hydrogen-bond acceptors (Lipinski definition) is 6. The van der Waals surface area contributed by atoms with Crippen molar-refractivity contribution in [3.8, 4) is 11.5 Å². The Morgan fingerprint density at radius 3 is 2.83 bits per heavy atom. The summed E-state index contributed by atoms with van der Waals surface area (Å²) in [6.45, 7) is 3.25. The van der Waals surface area contributed by atoms with Gasteiger partial charge in [-0.2, -0.15) is 4.98 Å². The molecule has 0 saturated carbocycles. The Morgan fingerprint density at radius 1 is 1.04 bits per heavy atom. The van der Waals surface area contributed by atoms with Crippen molar-refractivity contribution in [2.75, 3.05) is 24.0 Å². The van der Waals surface area contributed by atoms with E-state index >= 15 is 0 Å². The lowest BCUT2D eigenvalue weighted by Gasteiger charge is -2.11. The molecule has 0 amide bonds. The van der Waals surface area contributed by atoms with Gasteiger partial charge >= 0.3 is 0 Å². The van der Waals surface area contributed by atoms with E-state index in [2.05, 4.69) is 27.5 Å². The van der Waals surface area contributed by atoms with Gasteiger partial charge in [-0.15, -0.1) is 0 Å². The smallest absolute Gasteiger partial charge is 0.231 e. The van der Waals surface area contributed by atoms with Gasteiger partial charge in [0.25, 0.3) is 0 Å². The maximum atomic E-state index is 5.41. The highest BCUT2D eigenvalue weighted by Gasteiger charge is 2.14. The minimum atomic E-state index is 0.260. The Labute approximate surface area is 139 Å². The fraction of sp³-hybridized carbons (Fsp3) is 0.222. The van der Waals surface area contributed by atoms with Crippen molar-refractivity contribution >= 4 is 28.4 Å². The van der Waals surface area contributed by atoms with Crippen LogP contribution in [-0.2, 0) is 0 Å². The van der Waals surface area contributed by atoms with E-state index in [1.807, 2.05) is 42.5 Å². The number of rotatable bonds is 5. The van der Waals surface area contributed by atoms with Gasteiger partial charge in [-0.1, -0.05) is 19.1 Å². The van der Waals surface area contributed by atoms with Gasteiger partial charge in [0.1, 0.15) is 5.82 Å². The van der Waals surface area contributed by atoms with E-state index in [4.69, 9.17) is 9.47 Å². The van der Waals surface area contributed by atoms with Crippen LogP contribution in [0.4, 0.5) is 17.5 Å². The fourth-order valence-electron chi connectivity index (χ4n) is 2.61. The Bertz CT molecular complexity index is 882. The minimum Gasteiger partial charge on any atom is -0.454 e. The summed E-state index contributed by atoms with van der Waals surface area (Å²) in [6, 6.07) is 13.7. The predicted octanol–water partition coefficient (Wildman–Crippen LogP) is 3.92. The molecule has 0 atom stereocenters. The van der Waals surface area contributed by atoms with Crippen molar-refractivity contribution in [1.82, 2.24) is 9.97 Å². The number of fused-ring (bicyclic) bond motifs is 2. The van der Waals surface area contributed by atoms with Crippen molar-refractivity contribution in [2.24, 2.45) is 0 Å². The lowest BCUT2D eigenvalue weighted by atomic mass is 10.2. The highest BCUT2D eigenvalue weighted by Crippen LogP contribution is 2.35. The number of anilines is 3. The summed E-state index contributed by atoms with van der Waals surface area (Å²) in [7, 11) is 0. The van der Waals surface area contributed by atoms with Gasteiger partial charge in [-0.3, -0.25) is 0 Å². The summed E-state index contributed by atoms with van der Waals surface area (Å²) < 4.78 is 10.7. The highest BCUT2D eigenvalue weighted by atomic mass is 16.7. The molecule has 4 rings (SSSR count). The molecule has 2 N–H and O–H groups in total. The third-order valence-electron chi connectivity index (χ3n) is 3.77. The van der Waals surface area contributed by atoms with Crippen LogP contribution in [0.1, 0.15) is 13.3 Å². The Morgan fingerprint density at radius 2 is 1.92 bits per heavy atom. The van der Waals surface area contributed by atoms with Crippen molar-refractivity contribution in [3.05, 3.63) is 42.5 Å². The molecule has 1 aromatic heterocycles. The average Bonchev–Trinajstić information content (AvgIpc) is 3.07. The van der Waals surface area contributed by atoms with Crippen LogP contribution in [-0.4, -0.2) is 23.3 Å². The van der Waals surface area contributed by atoms with E-state index in [0.717, 1.165) is 46.9 Å². The lowest BCUT2D eigenvalue weighted by molar-refractivity contribution is 0.174. The molecule has 24 heavy (non-hydrogen) atoms. The van der Waals surface area contributed by atoms with Crippen molar-refractivity contribution in [1.29, 1.82) is 0 Å². The van der Waals surface area contributed by atoms with Crippen molar-refractivity contribution < 1.29 is 9.47 Å². The van der Waals surface area contributed by atoms with E-state index in [1.165, 1.54) is 0 Å². The van der Waals surface area contributed by atoms with Gasteiger partial charge in [-0.25, -0.2) is 4.98 Å². The summed E-state index contributed by atoms with van der Waals surface area (Å²) in [6.07, 6.45) is 1.03. The summed E-state index contributed by atoms with van der Waals surface area (Å²) >= 11 is 0. The van der Waals surface area contributed by atoms with E-state index in [-0.39, 0.29) is 6.79 Å². The molecule has 1 aliphatic heterocycles. The topological polar surface area (TPSA) is 68.3 Å². The largest absolute Gasteiger partial charge is 0.454 e. The molecule has 0 bridgehead atoms. The van der Waals surface area contributed by atoms with E-state index < -0.39 is 0 Å². The molecule has 6 heteroatoms. The monoisotopic (exact) mass is 322 g/mol. The van der Waals surface area contributed by atoms with Gasteiger partial charge in [0.05, 0.1) is 5.52 Å². The van der Waals surface area contributed by atoms with Gasteiger partial charge in [0.2, 0.25) is 12.7 Å².